The number of halogens is 1. The number of ether oxygens (including phenoxy) is 1. The van der Waals surface area contributed by atoms with Gasteiger partial charge < -0.3 is 19.5 Å². The fourth-order valence-electron chi connectivity index (χ4n) is 3.81. The maximum absolute atomic E-state index is 13.1. The Morgan fingerprint density at radius 3 is 2.84 bits per heavy atom. The number of nitrogens with zero attached hydrogens (tertiary/aromatic N) is 2. The van der Waals surface area contributed by atoms with E-state index < -0.39 is 0 Å². The van der Waals surface area contributed by atoms with Crippen molar-refractivity contribution in [3.8, 4) is 11.3 Å². The molecule has 0 unspecified atom stereocenters. The zero-order valence-electron chi connectivity index (χ0n) is 17.3. The molecule has 0 radical (unpaired) electrons. The molecule has 2 aromatic carbocycles. The van der Waals surface area contributed by atoms with Gasteiger partial charge in [0.2, 0.25) is 0 Å². The molecule has 3 aromatic rings. The van der Waals surface area contributed by atoms with Gasteiger partial charge in [0.05, 0.1) is 5.02 Å². The van der Waals surface area contributed by atoms with Crippen molar-refractivity contribution in [2.24, 2.45) is 0 Å². The van der Waals surface area contributed by atoms with Crippen molar-refractivity contribution in [3.63, 3.8) is 0 Å². The maximum atomic E-state index is 13.1. The molecule has 1 aromatic heterocycles. The summed E-state index contributed by atoms with van der Waals surface area (Å²) in [5.74, 6) is -0.0109. The third-order valence-electron chi connectivity index (χ3n) is 5.24. The highest BCUT2D eigenvalue weighted by Crippen LogP contribution is 2.33. The lowest BCUT2D eigenvalue weighted by molar-refractivity contribution is -0.122. The molecule has 0 fully saturated rings. The van der Waals surface area contributed by atoms with Crippen LogP contribution < -0.4 is 10.2 Å². The number of aromatic nitrogens is 1. The Labute approximate surface area is 184 Å². The first kappa shape index (κ1) is 21.1. The predicted molar refractivity (Wildman–Crippen MR) is 119 cm³/mol. The van der Waals surface area contributed by atoms with E-state index in [-0.39, 0.29) is 18.4 Å². The highest BCUT2D eigenvalue weighted by Gasteiger charge is 2.25. The summed E-state index contributed by atoms with van der Waals surface area (Å²) in [6, 6.07) is 12.7. The smallest absolute Gasteiger partial charge is 0.261 e. The van der Waals surface area contributed by atoms with E-state index in [0.29, 0.717) is 39.8 Å². The topological polar surface area (TPSA) is 84.7 Å². The van der Waals surface area contributed by atoms with E-state index >= 15 is 0 Å². The first-order valence-corrected chi connectivity index (χ1v) is 10.3. The molecule has 0 spiro atoms. The maximum Gasteiger partial charge on any atom is 0.261 e. The average Bonchev–Trinajstić information content (AvgIpc) is 3.15. The Balaban J connectivity index is 1.60. The van der Waals surface area contributed by atoms with E-state index in [0.717, 1.165) is 24.1 Å². The van der Waals surface area contributed by atoms with Crippen molar-refractivity contribution in [2.75, 3.05) is 30.5 Å². The van der Waals surface area contributed by atoms with Crippen molar-refractivity contribution < 1.29 is 18.8 Å². The van der Waals surface area contributed by atoms with Gasteiger partial charge in [0.1, 0.15) is 23.6 Å². The van der Waals surface area contributed by atoms with Crippen LogP contribution in [-0.4, -0.2) is 37.2 Å². The zero-order valence-corrected chi connectivity index (χ0v) is 18.0. The first-order valence-electron chi connectivity index (χ1n) is 9.94. The number of hydrogen-bond acceptors (Lipinski definition) is 5. The molecule has 7 nitrogen and oxygen atoms in total. The third kappa shape index (κ3) is 4.19. The molecule has 160 valence electrons. The molecule has 0 saturated heterocycles. The first-order chi connectivity index (χ1) is 15.0. The van der Waals surface area contributed by atoms with Crippen LogP contribution in [0.15, 0.2) is 47.0 Å². The molecule has 1 aliphatic heterocycles. The van der Waals surface area contributed by atoms with Crippen LogP contribution in [0.4, 0.5) is 11.4 Å². The highest BCUT2D eigenvalue weighted by atomic mass is 35.5. The van der Waals surface area contributed by atoms with Crippen molar-refractivity contribution in [2.45, 2.75) is 19.8 Å². The van der Waals surface area contributed by atoms with E-state index in [1.165, 1.54) is 7.11 Å². The summed E-state index contributed by atoms with van der Waals surface area (Å²) in [6.07, 6.45) is 1.67. The number of methoxy groups -OCH3 is 1. The minimum atomic E-state index is -0.336. The fraction of sp³-hybridized carbons (Fsp3) is 0.261. The fourth-order valence-corrected chi connectivity index (χ4v) is 4.03. The summed E-state index contributed by atoms with van der Waals surface area (Å²) in [4.78, 5) is 27.1. The molecule has 8 heteroatoms. The number of benzene rings is 2. The molecule has 0 atom stereocenters. The number of nitrogens with one attached hydrogen (secondary N) is 1. The number of hydrogen-bond donors (Lipinski definition) is 1. The minimum absolute atomic E-state index is 0.0372. The van der Waals surface area contributed by atoms with E-state index in [2.05, 4.69) is 10.5 Å². The van der Waals surface area contributed by atoms with Crippen molar-refractivity contribution in [3.05, 3.63) is 64.4 Å². The Bertz CT molecular complexity index is 1140. The van der Waals surface area contributed by atoms with E-state index in [1.807, 2.05) is 24.3 Å². The van der Waals surface area contributed by atoms with Crippen LogP contribution in [0.5, 0.6) is 0 Å². The summed E-state index contributed by atoms with van der Waals surface area (Å²) < 4.78 is 10.3. The summed E-state index contributed by atoms with van der Waals surface area (Å²) in [6.45, 7) is 2.38. The van der Waals surface area contributed by atoms with Crippen LogP contribution in [0.3, 0.4) is 0 Å². The standard InChI is InChI=1S/C23H22ClN3O4/c1-14-21(22(26-31-14)17-7-3-4-8-18(17)24)23(29)25-16-9-10-19-15(12-16)6-5-11-27(19)20(28)13-30-2/h3-4,7-10,12H,5-6,11,13H2,1-2H3,(H,25,29). The Morgan fingerprint density at radius 2 is 2.06 bits per heavy atom. The van der Waals surface area contributed by atoms with Gasteiger partial charge in [-0.3, -0.25) is 9.59 Å². The second kappa shape index (κ2) is 8.91. The second-order valence-corrected chi connectivity index (χ2v) is 7.73. The Kier molecular flexibility index (Phi) is 6.06. The number of anilines is 2. The van der Waals surface area contributed by atoms with Crippen molar-refractivity contribution in [1.29, 1.82) is 0 Å². The van der Waals surface area contributed by atoms with Crippen molar-refractivity contribution >= 4 is 34.8 Å². The summed E-state index contributed by atoms with van der Waals surface area (Å²) in [5.41, 5.74) is 3.85. The van der Waals surface area contributed by atoms with Gasteiger partial charge in [-0.05, 0) is 49.6 Å². The normalized spacial score (nSPS) is 13.1. The summed E-state index contributed by atoms with van der Waals surface area (Å²) in [7, 11) is 1.50. The monoisotopic (exact) mass is 439 g/mol. The van der Waals surface area contributed by atoms with E-state index in [9.17, 15) is 9.59 Å². The summed E-state index contributed by atoms with van der Waals surface area (Å²) in [5, 5.41) is 7.46. The largest absolute Gasteiger partial charge is 0.375 e. The highest BCUT2D eigenvalue weighted by molar-refractivity contribution is 6.33. The Morgan fingerprint density at radius 1 is 1.26 bits per heavy atom. The summed E-state index contributed by atoms with van der Waals surface area (Å²) >= 11 is 6.29. The molecule has 4 rings (SSSR count). The van der Waals surface area contributed by atoms with Crippen LogP contribution in [0.25, 0.3) is 11.3 Å². The lowest BCUT2D eigenvalue weighted by Gasteiger charge is -2.29. The zero-order chi connectivity index (χ0) is 22.0. The van der Waals surface area contributed by atoms with Gasteiger partial charge in [-0.1, -0.05) is 35.0 Å². The predicted octanol–water partition coefficient (Wildman–Crippen LogP) is 4.48. The third-order valence-corrected chi connectivity index (χ3v) is 5.57. The molecular formula is C23H22ClN3O4. The molecular weight excluding hydrogens is 418 g/mol. The SMILES string of the molecule is COCC(=O)N1CCCc2cc(NC(=O)c3c(-c4ccccc4Cl)noc3C)ccc21. The van der Waals surface area contributed by atoms with E-state index in [4.69, 9.17) is 20.9 Å². The van der Waals surface area contributed by atoms with Crippen LogP contribution in [0.1, 0.15) is 28.1 Å². The molecule has 0 saturated carbocycles. The van der Waals surface area contributed by atoms with Gasteiger partial charge in [0.15, 0.2) is 0 Å². The number of amides is 2. The molecule has 1 N–H and O–H groups in total. The lowest BCUT2D eigenvalue weighted by atomic mass is 10.0. The number of aryl methyl sites for hydroxylation is 2. The Hall–Kier alpha value is -3.16. The van der Waals surface area contributed by atoms with Gasteiger partial charge in [0, 0.05) is 30.6 Å². The number of fused-ring (bicyclic) bond motifs is 1. The number of rotatable bonds is 5. The van der Waals surface area contributed by atoms with Crippen LogP contribution in [0, 0.1) is 6.92 Å². The van der Waals surface area contributed by atoms with Gasteiger partial charge in [-0.2, -0.15) is 0 Å². The van der Waals surface area contributed by atoms with Gasteiger partial charge >= 0.3 is 0 Å². The van der Waals surface area contributed by atoms with Crippen LogP contribution in [0.2, 0.25) is 5.02 Å². The molecule has 2 amide bonds. The quantitative estimate of drug-likeness (QED) is 0.633. The average molecular weight is 440 g/mol. The number of carbonyl (C=O) groups excluding carboxylic acids is 2. The minimum Gasteiger partial charge on any atom is -0.375 e. The van der Waals surface area contributed by atoms with Gasteiger partial charge in [0.25, 0.3) is 11.8 Å². The van der Waals surface area contributed by atoms with Crippen LogP contribution in [-0.2, 0) is 16.0 Å². The van der Waals surface area contributed by atoms with Crippen molar-refractivity contribution in [1.82, 2.24) is 5.16 Å². The molecule has 31 heavy (non-hydrogen) atoms. The molecule has 1 aliphatic rings. The van der Waals surface area contributed by atoms with Crippen LogP contribution >= 0.6 is 11.6 Å². The lowest BCUT2D eigenvalue weighted by Crippen LogP contribution is -2.37. The van der Waals surface area contributed by atoms with Gasteiger partial charge in [-0.15, -0.1) is 0 Å². The van der Waals surface area contributed by atoms with Gasteiger partial charge in [-0.25, -0.2) is 0 Å². The second-order valence-electron chi connectivity index (χ2n) is 7.32. The van der Waals surface area contributed by atoms with E-state index in [1.54, 1.807) is 30.0 Å². The molecule has 0 bridgehead atoms. The number of carbonyl (C=O) groups is 2. The molecule has 2 heterocycles. The molecule has 0 aliphatic carbocycles.